The Morgan fingerprint density at radius 2 is 2.17 bits per heavy atom. The Balaban J connectivity index is 2.17. The molecule has 1 atom stereocenters. The summed E-state index contributed by atoms with van der Waals surface area (Å²) < 4.78 is 1.85. The number of hydrogen-bond acceptors (Lipinski definition) is 2. The second kappa shape index (κ2) is 5.87. The van der Waals surface area contributed by atoms with Crippen LogP contribution >= 0.6 is 11.6 Å². The summed E-state index contributed by atoms with van der Waals surface area (Å²) >= 11 is 6.34. The molecule has 0 spiro atoms. The molecule has 0 saturated heterocycles. The normalized spacial score (nSPS) is 21.1. The molecule has 0 radical (unpaired) electrons. The Kier molecular flexibility index (Phi) is 4.44. The standard InChI is InChI=1S/C14H21ClN2O/c1-3-11-14(15)12(17(2)16-11)9-10-7-5-4-6-8-13(10)18/h10H,3-9H2,1-2H3. The molecule has 0 aromatic carbocycles. The third-order valence-corrected chi connectivity index (χ3v) is 4.31. The highest BCUT2D eigenvalue weighted by Crippen LogP contribution is 2.28. The number of aromatic nitrogens is 2. The van der Waals surface area contributed by atoms with Crippen molar-refractivity contribution in [3.05, 3.63) is 16.4 Å². The van der Waals surface area contributed by atoms with Gasteiger partial charge in [0, 0.05) is 25.8 Å². The third-order valence-electron chi connectivity index (χ3n) is 3.87. The van der Waals surface area contributed by atoms with Gasteiger partial charge in [-0.25, -0.2) is 0 Å². The van der Waals surface area contributed by atoms with E-state index in [-0.39, 0.29) is 5.92 Å². The lowest BCUT2D eigenvalue weighted by Crippen LogP contribution is -2.17. The van der Waals surface area contributed by atoms with E-state index < -0.39 is 0 Å². The van der Waals surface area contributed by atoms with Gasteiger partial charge in [0.2, 0.25) is 0 Å². The molecular weight excluding hydrogens is 248 g/mol. The number of ketones is 1. The minimum absolute atomic E-state index is 0.144. The first-order valence-corrected chi connectivity index (χ1v) is 7.24. The largest absolute Gasteiger partial charge is 0.299 e. The van der Waals surface area contributed by atoms with Gasteiger partial charge in [-0.15, -0.1) is 0 Å². The average molecular weight is 269 g/mol. The van der Waals surface area contributed by atoms with Crippen LogP contribution < -0.4 is 0 Å². The zero-order chi connectivity index (χ0) is 13.1. The van der Waals surface area contributed by atoms with E-state index in [4.69, 9.17) is 11.6 Å². The summed E-state index contributed by atoms with van der Waals surface area (Å²) in [6.07, 6.45) is 6.72. The minimum Gasteiger partial charge on any atom is -0.299 e. The first-order valence-electron chi connectivity index (χ1n) is 6.86. The van der Waals surface area contributed by atoms with Gasteiger partial charge in [0.15, 0.2) is 0 Å². The van der Waals surface area contributed by atoms with Crippen LogP contribution in [0.1, 0.15) is 50.4 Å². The van der Waals surface area contributed by atoms with E-state index >= 15 is 0 Å². The van der Waals surface area contributed by atoms with Crippen LogP contribution in [-0.4, -0.2) is 15.6 Å². The lowest BCUT2D eigenvalue weighted by atomic mass is 9.93. The molecule has 1 saturated carbocycles. The van der Waals surface area contributed by atoms with Gasteiger partial charge in [0.1, 0.15) is 5.78 Å². The average Bonchev–Trinajstić information content (AvgIpc) is 2.52. The monoisotopic (exact) mass is 268 g/mol. The van der Waals surface area contributed by atoms with Gasteiger partial charge in [0.25, 0.3) is 0 Å². The zero-order valence-electron chi connectivity index (χ0n) is 11.2. The molecule has 18 heavy (non-hydrogen) atoms. The molecule has 0 aliphatic heterocycles. The molecule has 0 amide bonds. The molecular formula is C14H21ClN2O. The van der Waals surface area contributed by atoms with Gasteiger partial charge in [-0.2, -0.15) is 5.10 Å². The predicted octanol–water partition coefficient (Wildman–Crippen LogP) is 3.33. The molecule has 0 N–H and O–H groups in total. The van der Waals surface area contributed by atoms with Crippen molar-refractivity contribution in [3.63, 3.8) is 0 Å². The van der Waals surface area contributed by atoms with E-state index in [1.54, 1.807) is 0 Å². The van der Waals surface area contributed by atoms with Crippen molar-refractivity contribution < 1.29 is 4.79 Å². The van der Waals surface area contributed by atoms with Gasteiger partial charge >= 0.3 is 0 Å². The first kappa shape index (κ1) is 13.6. The van der Waals surface area contributed by atoms with Gasteiger partial charge in [-0.3, -0.25) is 9.48 Å². The second-order valence-electron chi connectivity index (χ2n) is 5.15. The van der Waals surface area contributed by atoms with Crippen molar-refractivity contribution in [2.75, 3.05) is 0 Å². The van der Waals surface area contributed by atoms with Gasteiger partial charge < -0.3 is 0 Å². The van der Waals surface area contributed by atoms with Crippen LogP contribution in [0.3, 0.4) is 0 Å². The topological polar surface area (TPSA) is 34.9 Å². The summed E-state index contributed by atoms with van der Waals surface area (Å²) in [5.41, 5.74) is 1.96. The molecule has 2 rings (SSSR count). The number of carbonyl (C=O) groups excluding carboxylic acids is 1. The molecule has 1 fully saturated rings. The number of rotatable bonds is 3. The second-order valence-corrected chi connectivity index (χ2v) is 5.53. The van der Waals surface area contributed by atoms with Gasteiger partial charge in [-0.1, -0.05) is 31.4 Å². The van der Waals surface area contributed by atoms with Crippen molar-refractivity contribution in [2.24, 2.45) is 13.0 Å². The third kappa shape index (κ3) is 2.77. The molecule has 4 heteroatoms. The van der Waals surface area contributed by atoms with Crippen LogP contribution in [-0.2, 0) is 24.7 Å². The lowest BCUT2D eigenvalue weighted by Gasteiger charge is -2.13. The number of hydrogen-bond donors (Lipinski definition) is 0. The Morgan fingerprint density at radius 3 is 2.83 bits per heavy atom. The van der Waals surface area contributed by atoms with E-state index in [1.807, 2.05) is 11.7 Å². The van der Waals surface area contributed by atoms with E-state index in [0.717, 1.165) is 54.9 Å². The highest BCUT2D eigenvalue weighted by molar-refractivity contribution is 6.31. The summed E-state index contributed by atoms with van der Waals surface area (Å²) in [5, 5.41) is 5.18. The maximum absolute atomic E-state index is 12.0. The molecule has 1 aromatic rings. The highest BCUT2D eigenvalue weighted by Gasteiger charge is 2.24. The predicted molar refractivity (Wildman–Crippen MR) is 72.9 cm³/mol. The van der Waals surface area contributed by atoms with Crippen molar-refractivity contribution in [3.8, 4) is 0 Å². The van der Waals surface area contributed by atoms with Crippen molar-refractivity contribution >= 4 is 17.4 Å². The smallest absolute Gasteiger partial charge is 0.136 e. The summed E-state index contributed by atoms with van der Waals surface area (Å²) in [6.45, 7) is 2.05. The van der Waals surface area contributed by atoms with E-state index in [2.05, 4.69) is 12.0 Å². The van der Waals surface area contributed by atoms with Crippen molar-refractivity contribution in [1.82, 2.24) is 9.78 Å². The van der Waals surface area contributed by atoms with Crippen molar-refractivity contribution in [2.45, 2.75) is 51.9 Å². The molecule has 1 aliphatic rings. The van der Waals surface area contributed by atoms with Crippen LogP contribution in [0.4, 0.5) is 0 Å². The number of carbonyl (C=O) groups is 1. The van der Waals surface area contributed by atoms with Crippen LogP contribution in [0, 0.1) is 5.92 Å². The summed E-state index contributed by atoms with van der Waals surface area (Å²) in [7, 11) is 1.92. The van der Waals surface area contributed by atoms with E-state index in [1.165, 1.54) is 6.42 Å². The molecule has 1 aromatic heterocycles. The molecule has 1 heterocycles. The molecule has 1 aliphatic carbocycles. The van der Waals surface area contributed by atoms with Crippen molar-refractivity contribution in [1.29, 1.82) is 0 Å². The SMILES string of the molecule is CCc1nn(C)c(CC2CCCCCC2=O)c1Cl. The summed E-state index contributed by atoms with van der Waals surface area (Å²) in [6, 6.07) is 0. The van der Waals surface area contributed by atoms with Gasteiger partial charge in [-0.05, 0) is 19.3 Å². The van der Waals surface area contributed by atoms with Gasteiger partial charge in [0.05, 0.1) is 16.4 Å². The summed E-state index contributed by atoms with van der Waals surface area (Å²) in [4.78, 5) is 12.0. The van der Waals surface area contributed by atoms with E-state index in [0.29, 0.717) is 5.78 Å². The number of Topliss-reactive ketones (excluding diaryl/α,β-unsaturated/α-hetero) is 1. The van der Waals surface area contributed by atoms with Crippen LogP contribution in [0.15, 0.2) is 0 Å². The fraction of sp³-hybridized carbons (Fsp3) is 0.714. The Labute approximate surface area is 114 Å². The van der Waals surface area contributed by atoms with E-state index in [9.17, 15) is 4.79 Å². The maximum atomic E-state index is 12.0. The maximum Gasteiger partial charge on any atom is 0.136 e. The molecule has 100 valence electrons. The Hall–Kier alpha value is -0.830. The minimum atomic E-state index is 0.144. The number of halogens is 1. The number of nitrogens with zero attached hydrogens (tertiary/aromatic N) is 2. The lowest BCUT2D eigenvalue weighted by molar-refractivity contribution is -0.122. The molecule has 3 nitrogen and oxygen atoms in total. The van der Waals surface area contributed by atoms with Crippen LogP contribution in [0.25, 0.3) is 0 Å². The fourth-order valence-corrected chi connectivity index (χ4v) is 3.09. The quantitative estimate of drug-likeness (QED) is 0.788. The molecule has 1 unspecified atom stereocenters. The Bertz CT molecular complexity index is 439. The van der Waals surface area contributed by atoms with Crippen LogP contribution in [0.5, 0.6) is 0 Å². The Morgan fingerprint density at radius 1 is 1.39 bits per heavy atom. The number of aryl methyl sites for hydroxylation is 2. The molecule has 0 bridgehead atoms. The summed E-state index contributed by atoms with van der Waals surface area (Å²) in [5.74, 6) is 0.549. The highest BCUT2D eigenvalue weighted by atomic mass is 35.5. The fourth-order valence-electron chi connectivity index (χ4n) is 2.72. The first-order chi connectivity index (χ1) is 8.63. The van der Waals surface area contributed by atoms with Crippen LogP contribution in [0.2, 0.25) is 5.02 Å². The zero-order valence-corrected chi connectivity index (χ0v) is 12.0.